The molecule has 1 saturated carbocycles. The average Bonchev–Trinajstić information content (AvgIpc) is 2.76. The fourth-order valence-corrected chi connectivity index (χ4v) is 2.71. The van der Waals surface area contributed by atoms with Crippen molar-refractivity contribution in [2.75, 3.05) is 20.8 Å². The molecule has 112 valence electrons. The molecule has 6 heteroatoms. The first-order chi connectivity index (χ1) is 9.70. The van der Waals surface area contributed by atoms with E-state index >= 15 is 0 Å². The van der Waals surface area contributed by atoms with Gasteiger partial charge in [0.25, 0.3) is 0 Å². The molecule has 0 saturated heterocycles. The number of ether oxygens (including phenoxy) is 2. The van der Waals surface area contributed by atoms with Crippen LogP contribution in [0.5, 0.6) is 0 Å². The van der Waals surface area contributed by atoms with Gasteiger partial charge in [0.1, 0.15) is 12.2 Å². The number of hydrogen-bond donors (Lipinski definition) is 0. The molecule has 0 spiro atoms. The van der Waals surface area contributed by atoms with E-state index in [0.29, 0.717) is 11.7 Å². The third-order valence-corrected chi connectivity index (χ3v) is 3.83. The van der Waals surface area contributed by atoms with Crippen molar-refractivity contribution in [3.63, 3.8) is 0 Å². The maximum Gasteiger partial charge on any atom is 0.234 e. The predicted octanol–water partition coefficient (Wildman–Crippen LogP) is 2.02. The van der Waals surface area contributed by atoms with Gasteiger partial charge in [0, 0.05) is 14.2 Å². The smallest absolute Gasteiger partial charge is 0.234 e. The second-order valence-electron chi connectivity index (χ2n) is 5.27. The molecule has 1 aliphatic rings. The van der Waals surface area contributed by atoms with Gasteiger partial charge in [-0.1, -0.05) is 30.8 Å². The van der Waals surface area contributed by atoms with Gasteiger partial charge in [0.05, 0.1) is 6.42 Å². The molecule has 0 unspecified atom stereocenters. The number of carbonyl (C=O) groups is 1. The van der Waals surface area contributed by atoms with Crippen LogP contribution in [0.2, 0.25) is 0 Å². The van der Waals surface area contributed by atoms with Crippen LogP contribution in [0.25, 0.3) is 0 Å². The number of nitrogens with zero attached hydrogens (tertiary/aromatic N) is 2. The maximum atomic E-state index is 11.5. The number of hydrogen-bond acceptors (Lipinski definition) is 6. The Morgan fingerprint density at radius 2 is 1.95 bits per heavy atom. The summed E-state index contributed by atoms with van der Waals surface area (Å²) in [7, 11) is 3.18. The van der Waals surface area contributed by atoms with Crippen LogP contribution in [0, 0.1) is 0 Å². The van der Waals surface area contributed by atoms with Crippen molar-refractivity contribution in [3.05, 3.63) is 11.7 Å². The molecule has 2 rings (SSSR count). The van der Waals surface area contributed by atoms with Gasteiger partial charge < -0.3 is 14.0 Å². The van der Waals surface area contributed by atoms with E-state index in [1.165, 1.54) is 20.0 Å². The van der Waals surface area contributed by atoms with E-state index in [4.69, 9.17) is 14.0 Å². The fourth-order valence-electron chi connectivity index (χ4n) is 2.71. The van der Waals surface area contributed by atoms with Crippen LogP contribution in [0.15, 0.2) is 4.52 Å². The molecule has 0 aromatic carbocycles. The lowest BCUT2D eigenvalue weighted by molar-refractivity contribution is -0.122. The standard InChI is InChI=1S/C14H22N2O4/c1-18-10-11(17)9-12-15-13(16-20-12)14(19-2)7-5-3-4-6-8-14/h3-10H2,1-2H3. The summed E-state index contributed by atoms with van der Waals surface area (Å²) >= 11 is 0. The SMILES string of the molecule is COCC(=O)Cc1nc(C2(OC)CCCCCC2)no1. The van der Waals surface area contributed by atoms with Crippen LogP contribution in [-0.4, -0.2) is 36.8 Å². The number of ketones is 1. The minimum absolute atomic E-state index is 0.0626. The molecule has 0 bridgehead atoms. The molecule has 1 aliphatic carbocycles. The van der Waals surface area contributed by atoms with Gasteiger partial charge in [0.15, 0.2) is 5.78 Å². The van der Waals surface area contributed by atoms with Gasteiger partial charge in [-0.25, -0.2) is 0 Å². The molecular formula is C14H22N2O4. The predicted molar refractivity (Wildman–Crippen MR) is 71.3 cm³/mol. The Morgan fingerprint density at radius 3 is 2.55 bits per heavy atom. The summed E-state index contributed by atoms with van der Waals surface area (Å²) in [6.07, 6.45) is 6.52. The van der Waals surface area contributed by atoms with E-state index in [2.05, 4.69) is 10.1 Å². The van der Waals surface area contributed by atoms with Crippen LogP contribution in [0.4, 0.5) is 0 Å². The zero-order valence-electron chi connectivity index (χ0n) is 12.2. The summed E-state index contributed by atoms with van der Waals surface area (Å²) in [4.78, 5) is 15.9. The third kappa shape index (κ3) is 3.43. The van der Waals surface area contributed by atoms with Crippen molar-refractivity contribution in [2.24, 2.45) is 0 Å². The highest BCUT2D eigenvalue weighted by Gasteiger charge is 2.37. The van der Waals surface area contributed by atoms with Gasteiger partial charge in [-0.15, -0.1) is 0 Å². The summed E-state index contributed by atoms with van der Waals surface area (Å²) < 4.78 is 15.7. The molecule has 0 radical (unpaired) electrons. The third-order valence-electron chi connectivity index (χ3n) is 3.83. The monoisotopic (exact) mass is 282 g/mol. The lowest BCUT2D eigenvalue weighted by atomic mass is 9.93. The highest BCUT2D eigenvalue weighted by atomic mass is 16.5. The van der Waals surface area contributed by atoms with Gasteiger partial charge in [-0.3, -0.25) is 4.79 Å². The second-order valence-corrected chi connectivity index (χ2v) is 5.27. The highest BCUT2D eigenvalue weighted by Crippen LogP contribution is 2.37. The Bertz CT molecular complexity index is 436. The molecule has 0 atom stereocenters. The Morgan fingerprint density at radius 1 is 1.25 bits per heavy atom. The quantitative estimate of drug-likeness (QED) is 0.743. The molecule has 0 aliphatic heterocycles. The van der Waals surface area contributed by atoms with Gasteiger partial charge in [-0.05, 0) is 12.8 Å². The summed E-state index contributed by atoms with van der Waals surface area (Å²) in [6, 6.07) is 0. The van der Waals surface area contributed by atoms with E-state index in [1.54, 1.807) is 7.11 Å². The van der Waals surface area contributed by atoms with Crippen LogP contribution in [0.1, 0.15) is 50.2 Å². The Balaban J connectivity index is 2.10. The first kappa shape index (κ1) is 15.1. The number of aromatic nitrogens is 2. The van der Waals surface area contributed by atoms with Crippen LogP contribution in [0.3, 0.4) is 0 Å². The van der Waals surface area contributed by atoms with Crippen LogP contribution >= 0.6 is 0 Å². The normalized spacial score (nSPS) is 18.7. The molecular weight excluding hydrogens is 260 g/mol. The van der Waals surface area contributed by atoms with Gasteiger partial charge in [0.2, 0.25) is 11.7 Å². The van der Waals surface area contributed by atoms with E-state index < -0.39 is 5.60 Å². The minimum Gasteiger partial charge on any atom is -0.377 e. The summed E-state index contributed by atoms with van der Waals surface area (Å²) in [6.45, 7) is 0.0626. The minimum atomic E-state index is -0.456. The largest absolute Gasteiger partial charge is 0.377 e. The molecule has 20 heavy (non-hydrogen) atoms. The van der Waals surface area contributed by atoms with E-state index in [-0.39, 0.29) is 18.8 Å². The number of Topliss-reactive ketones (excluding diaryl/α,β-unsaturated/α-hetero) is 1. The van der Waals surface area contributed by atoms with Crippen molar-refractivity contribution in [2.45, 2.75) is 50.5 Å². The zero-order valence-corrected chi connectivity index (χ0v) is 12.2. The van der Waals surface area contributed by atoms with E-state index in [9.17, 15) is 4.79 Å². The van der Waals surface area contributed by atoms with Crippen molar-refractivity contribution in [1.29, 1.82) is 0 Å². The molecule has 1 aromatic rings. The molecule has 0 N–H and O–H groups in total. The van der Waals surface area contributed by atoms with Gasteiger partial charge in [-0.2, -0.15) is 4.98 Å². The van der Waals surface area contributed by atoms with Crippen LogP contribution in [-0.2, 0) is 26.3 Å². The van der Waals surface area contributed by atoms with Crippen molar-refractivity contribution < 1.29 is 18.8 Å². The lowest BCUT2D eigenvalue weighted by Gasteiger charge is -2.27. The Hall–Kier alpha value is -1.27. The molecule has 6 nitrogen and oxygen atoms in total. The Kier molecular flexibility index (Phi) is 5.25. The number of carbonyl (C=O) groups excluding carboxylic acids is 1. The summed E-state index contributed by atoms with van der Waals surface area (Å²) in [5.74, 6) is 0.833. The van der Waals surface area contributed by atoms with Crippen LogP contribution < -0.4 is 0 Å². The van der Waals surface area contributed by atoms with E-state index in [1.807, 2.05) is 0 Å². The number of methoxy groups -OCH3 is 2. The highest BCUT2D eigenvalue weighted by molar-refractivity contribution is 5.81. The van der Waals surface area contributed by atoms with Gasteiger partial charge >= 0.3 is 0 Å². The van der Waals surface area contributed by atoms with Crippen molar-refractivity contribution in [3.8, 4) is 0 Å². The molecule has 1 heterocycles. The lowest BCUT2D eigenvalue weighted by Crippen LogP contribution is -2.29. The summed E-state index contributed by atoms with van der Waals surface area (Å²) in [5.41, 5.74) is -0.456. The Labute approximate surface area is 118 Å². The fraction of sp³-hybridized carbons (Fsp3) is 0.786. The first-order valence-electron chi connectivity index (χ1n) is 7.09. The zero-order chi connectivity index (χ0) is 14.4. The first-order valence-corrected chi connectivity index (χ1v) is 7.09. The maximum absolute atomic E-state index is 11.5. The molecule has 1 aromatic heterocycles. The van der Waals surface area contributed by atoms with Crippen molar-refractivity contribution in [1.82, 2.24) is 10.1 Å². The second kappa shape index (κ2) is 6.95. The molecule has 0 amide bonds. The topological polar surface area (TPSA) is 74.5 Å². The molecule has 1 fully saturated rings. The average molecular weight is 282 g/mol. The summed E-state index contributed by atoms with van der Waals surface area (Å²) in [5, 5.41) is 4.03. The van der Waals surface area contributed by atoms with E-state index in [0.717, 1.165) is 25.7 Å². The number of rotatable bonds is 6. The van der Waals surface area contributed by atoms with Crippen molar-refractivity contribution >= 4 is 5.78 Å².